The van der Waals surface area contributed by atoms with E-state index < -0.39 is 5.97 Å². The molecule has 108 valence electrons. The molecule has 0 aliphatic heterocycles. The molecule has 1 atom stereocenters. The number of furan rings is 1. The van der Waals surface area contributed by atoms with E-state index >= 15 is 0 Å². The molecule has 0 saturated heterocycles. The van der Waals surface area contributed by atoms with Crippen molar-refractivity contribution in [2.75, 3.05) is 33.5 Å². The number of rotatable bonds is 10. The van der Waals surface area contributed by atoms with Crippen LogP contribution >= 0.6 is 0 Å². The van der Waals surface area contributed by atoms with Crippen LogP contribution in [0.1, 0.15) is 35.8 Å². The summed E-state index contributed by atoms with van der Waals surface area (Å²) in [7, 11) is 1.65. The Hall–Kier alpha value is -1.37. The third kappa shape index (κ3) is 5.87. The predicted octanol–water partition coefficient (Wildman–Crippen LogP) is 2.11. The summed E-state index contributed by atoms with van der Waals surface area (Å²) in [4.78, 5) is 10.7. The molecule has 0 aliphatic rings. The van der Waals surface area contributed by atoms with Crippen molar-refractivity contribution in [2.24, 2.45) is 0 Å². The predicted molar refractivity (Wildman–Crippen MR) is 67.3 cm³/mol. The van der Waals surface area contributed by atoms with E-state index in [9.17, 15) is 4.79 Å². The maximum absolute atomic E-state index is 10.7. The number of carboxylic acids is 1. The summed E-state index contributed by atoms with van der Waals surface area (Å²) in [6.45, 7) is 4.03. The van der Waals surface area contributed by atoms with Crippen molar-refractivity contribution in [3.63, 3.8) is 0 Å². The molecule has 6 heteroatoms. The standard InChI is InChI=1S/C13H20O6/c1-10(11-4-5-12(19-11)13(14)15)18-9-8-17-7-3-6-16-2/h4-5,10H,3,6-9H2,1-2H3,(H,14,15). The molecule has 0 saturated carbocycles. The minimum Gasteiger partial charge on any atom is -0.475 e. The first kappa shape index (κ1) is 15.7. The highest BCUT2D eigenvalue weighted by Gasteiger charge is 2.14. The molecular formula is C13H20O6. The van der Waals surface area contributed by atoms with Gasteiger partial charge in [-0.1, -0.05) is 0 Å². The minimum atomic E-state index is -1.08. The molecule has 0 amide bonds. The van der Waals surface area contributed by atoms with E-state index in [1.807, 2.05) is 0 Å². The summed E-state index contributed by atoms with van der Waals surface area (Å²) < 4.78 is 20.8. The van der Waals surface area contributed by atoms with Crippen LogP contribution < -0.4 is 0 Å². The van der Waals surface area contributed by atoms with E-state index in [0.717, 1.165) is 6.42 Å². The van der Waals surface area contributed by atoms with Crippen molar-refractivity contribution in [2.45, 2.75) is 19.4 Å². The molecule has 1 N–H and O–H groups in total. The Balaban J connectivity index is 2.16. The molecule has 0 spiro atoms. The highest BCUT2D eigenvalue weighted by molar-refractivity contribution is 5.84. The molecule has 0 aliphatic carbocycles. The van der Waals surface area contributed by atoms with Crippen LogP contribution in [0.3, 0.4) is 0 Å². The van der Waals surface area contributed by atoms with Gasteiger partial charge in [-0.15, -0.1) is 0 Å². The minimum absolute atomic E-state index is 0.0822. The van der Waals surface area contributed by atoms with Gasteiger partial charge in [0.15, 0.2) is 0 Å². The van der Waals surface area contributed by atoms with Crippen LogP contribution in [0, 0.1) is 0 Å². The van der Waals surface area contributed by atoms with Gasteiger partial charge in [0.2, 0.25) is 5.76 Å². The van der Waals surface area contributed by atoms with Gasteiger partial charge in [0.25, 0.3) is 0 Å². The summed E-state index contributed by atoms with van der Waals surface area (Å²) in [5.74, 6) is -0.669. The van der Waals surface area contributed by atoms with Crippen LogP contribution in [0.15, 0.2) is 16.5 Å². The first-order valence-corrected chi connectivity index (χ1v) is 6.16. The molecule has 0 fully saturated rings. The van der Waals surface area contributed by atoms with E-state index in [1.165, 1.54) is 6.07 Å². The SMILES string of the molecule is COCCCOCCOC(C)c1ccc(C(=O)O)o1. The monoisotopic (exact) mass is 272 g/mol. The van der Waals surface area contributed by atoms with Gasteiger partial charge in [-0.2, -0.15) is 0 Å². The van der Waals surface area contributed by atoms with Crippen molar-refractivity contribution >= 4 is 5.97 Å². The molecule has 1 heterocycles. The zero-order valence-corrected chi connectivity index (χ0v) is 11.3. The van der Waals surface area contributed by atoms with E-state index in [0.29, 0.717) is 32.2 Å². The van der Waals surface area contributed by atoms with Crippen LogP contribution in [0.2, 0.25) is 0 Å². The van der Waals surface area contributed by atoms with E-state index in [1.54, 1.807) is 20.1 Å². The highest BCUT2D eigenvalue weighted by Crippen LogP contribution is 2.19. The molecule has 0 bridgehead atoms. The summed E-state index contributed by atoms with van der Waals surface area (Å²) in [6, 6.07) is 3.02. The third-order valence-corrected chi connectivity index (χ3v) is 2.47. The fraction of sp³-hybridized carbons (Fsp3) is 0.615. The Labute approximate surface area is 112 Å². The smallest absolute Gasteiger partial charge is 0.371 e. The van der Waals surface area contributed by atoms with Gasteiger partial charge in [0, 0.05) is 20.3 Å². The van der Waals surface area contributed by atoms with Gasteiger partial charge in [0.1, 0.15) is 11.9 Å². The molecule has 1 aromatic heterocycles. The molecule has 19 heavy (non-hydrogen) atoms. The Morgan fingerprint density at radius 1 is 1.32 bits per heavy atom. The van der Waals surface area contributed by atoms with E-state index in [4.69, 9.17) is 23.7 Å². The average Bonchev–Trinajstić information content (AvgIpc) is 2.87. The average molecular weight is 272 g/mol. The number of hydrogen-bond acceptors (Lipinski definition) is 5. The van der Waals surface area contributed by atoms with Crippen LogP contribution in [-0.4, -0.2) is 44.6 Å². The van der Waals surface area contributed by atoms with Gasteiger partial charge in [-0.05, 0) is 25.5 Å². The summed E-state index contributed by atoms with van der Waals surface area (Å²) in [5.41, 5.74) is 0. The zero-order chi connectivity index (χ0) is 14.1. The highest BCUT2D eigenvalue weighted by atomic mass is 16.5. The molecule has 1 unspecified atom stereocenters. The van der Waals surface area contributed by atoms with Crippen LogP contribution in [-0.2, 0) is 14.2 Å². The molecule has 1 rings (SSSR count). The molecule has 0 aromatic carbocycles. The number of carboxylic acid groups (broad SMARTS) is 1. The first-order chi connectivity index (χ1) is 9.15. The van der Waals surface area contributed by atoms with Crippen molar-refractivity contribution < 1.29 is 28.5 Å². The lowest BCUT2D eigenvalue weighted by Crippen LogP contribution is -2.08. The second-order valence-corrected chi connectivity index (χ2v) is 3.98. The molecule has 0 radical (unpaired) electrons. The van der Waals surface area contributed by atoms with Gasteiger partial charge in [0.05, 0.1) is 13.2 Å². The second-order valence-electron chi connectivity index (χ2n) is 3.98. The van der Waals surface area contributed by atoms with Gasteiger partial charge >= 0.3 is 5.97 Å². The topological polar surface area (TPSA) is 78.1 Å². The zero-order valence-electron chi connectivity index (χ0n) is 11.3. The quantitative estimate of drug-likeness (QED) is 0.657. The first-order valence-electron chi connectivity index (χ1n) is 6.16. The Morgan fingerprint density at radius 2 is 2.11 bits per heavy atom. The summed E-state index contributed by atoms with van der Waals surface area (Å²) in [6.07, 6.45) is 0.558. The lowest BCUT2D eigenvalue weighted by atomic mass is 10.3. The van der Waals surface area contributed by atoms with Crippen molar-refractivity contribution in [1.82, 2.24) is 0 Å². The second kappa shape index (κ2) is 8.68. The van der Waals surface area contributed by atoms with Crippen molar-refractivity contribution in [3.05, 3.63) is 23.7 Å². The Kier molecular flexibility index (Phi) is 7.17. The van der Waals surface area contributed by atoms with Gasteiger partial charge < -0.3 is 23.7 Å². The molecular weight excluding hydrogens is 252 g/mol. The maximum Gasteiger partial charge on any atom is 0.371 e. The molecule has 1 aromatic rings. The van der Waals surface area contributed by atoms with Crippen molar-refractivity contribution in [3.8, 4) is 0 Å². The fourth-order valence-electron chi connectivity index (χ4n) is 1.46. The van der Waals surface area contributed by atoms with Crippen LogP contribution in [0.25, 0.3) is 0 Å². The van der Waals surface area contributed by atoms with E-state index in [-0.39, 0.29) is 11.9 Å². The normalized spacial score (nSPS) is 12.5. The summed E-state index contributed by atoms with van der Waals surface area (Å²) >= 11 is 0. The number of hydrogen-bond donors (Lipinski definition) is 1. The maximum atomic E-state index is 10.7. The van der Waals surface area contributed by atoms with Gasteiger partial charge in [-0.25, -0.2) is 4.79 Å². The number of aromatic carboxylic acids is 1. The van der Waals surface area contributed by atoms with Crippen LogP contribution in [0.5, 0.6) is 0 Å². The van der Waals surface area contributed by atoms with E-state index in [2.05, 4.69) is 0 Å². The lowest BCUT2D eigenvalue weighted by Gasteiger charge is -2.10. The third-order valence-electron chi connectivity index (χ3n) is 2.47. The summed E-state index contributed by atoms with van der Waals surface area (Å²) in [5, 5.41) is 8.73. The lowest BCUT2D eigenvalue weighted by molar-refractivity contribution is -0.000568. The largest absolute Gasteiger partial charge is 0.475 e. The van der Waals surface area contributed by atoms with Gasteiger partial charge in [-0.3, -0.25) is 0 Å². The Bertz CT molecular complexity index is 373. The fourth-order valence-corrected chi connectivity index (χ4v) is 1.46. The molecule has 6 nitrogen and oxygen atoms in total. The number of carbonyl (C=O) groups is 1. The number of methoxy groups -OCH3 is 1. The van der Waals surface area contributed by atoms with Crippen LogP contribution in [0.4, 0.5) is 0 Å². The Morgan fingerprint density at radius 3 is 2.74 bits per heavy atom. The number of ether oxygens (including phenoxy) is 3. The van der Waals surface area contributed by atoms with Crippen molar-refractivity contribution in [1.29, 1.82) is 0 Å².